The molecule has 0 bridgehead atoms. The molecule has 1 aromatic carbocycles. The van der Waals surface area contributed by atoms with E-state index in [1.165, 1.54) is 36.3 Å². The first kappa shape index (κ1) is 15.2. The summed E-state index contributed by atoms with van der Waals surface area (Å²) in [5.41, 5.74) is 1.83. The molecule has 1 fully saturated rings. The molecular formula is C17H19FN2OS. The highest BCUT2D eigenvalue weighted by Crippen LogP contribution is 2.24. The lowest BCUT2D eigenvalue weighted by Crippen LogP contribution is -2.32. The maximum atomic E-state index is 12.9. The van der Waals surface area contributed by atoms with Crippen LogP contribution in [0.3, 0.4) is 0 Å². The van der Waals surface area contributed by atoms with E-state index in [0.29, 0.717) is 18.9 Å². The van der Waals surface area contributed by atoms with E-state index in [4.69, 9.17) is 0 Å². The van der Waals surface area contributed by atoms with Crippen LogP contribution in [0.25, 0.3) is 10.6 Å². The van der Waals surface area contributed by atoms with Gasteiger partial charge in [-0.25, -0.2) is 9.37 Å². The van der Waals surface area contributed by atoms with Gasteiger partial charge in [0, 0.05) is 23.4 Å². The van der Waals surface area contributed by atoms with Crippen molar-refractivity contribution in [2.45, 2.75) is 44.6 Å². The number of carbonyl (C=O) groups is 1. The van der Waals surface area contributed by atoms with Crippen molar-refractivity contribution in [3.8, 4) is 10.6 Å². The number of thiazole rings is 1. The standard InChI is InChI=1S/C17H19FN2OS/c18-13-7-5-12(6-8-13)17-20-15(11-22-17)9-10-16(21)19-14-3-1-2-4-14/h5-8,11,14H,1-4,9-10H2,(H,19,21). The average Bonchev–Trinajstić information content (AvgIpc) is 3.17. The van der Waals surface area contributed by atoms with Crippen molar-refractivity contribution in [2.24, 2.45) is 0 Å². The Bertz CT molecular complexity index is 632. The number of carbonyl (C=O) groups excluding carboxylic acids is 1. The number of nitrogens with one attached hydrogen (secondary N) is 1. The molecule has 1 aliphatic carbocycles. The molecule has 0 spiro atoms. The monoisotopic (exact) mass is 318 g/mol. The molecule has 0 saturated heterocycles. The molecule has 1 saturated carbocycles. The third-order valence-electron chi connectivity index (χ3n) is 3.97. The predicted molar refractivity (Wildman–Crippen MR) is 86.2 cm³/mol. The predicted octanol–water partition coefficient (Wildman–Crippen LogP) is 3.94. The first-order valence-electron chi connectivity index (χ1n) is 7.70. The van der Waals surface area contributed by atoms with Crippen molar-refractivity contribution in [2.75, 3.05) is 0 Å². The molecule has 22 heavy (non-hydrogen) atoms. The molecule has 1 heterocycles. The second-order valence-electron chi connectivity index (χ2n) is 5.70. The van der Waals surface area contributed by atoms with E-state index in [0.717, 1.165) is 29.1 Å². The SMILES string of the molecule is O=C(CCc1csc(-c2ccc(F)cc2)n1)NC1CCCC1. The number of amides is 1. The zero-order chi connectivity index (χ0) is 15.4. The normalized spacial score (nSPS) is 15.1. The summed E-state index contributed by atoms with van der Waals surface area (Å²) in [7, 11) is 0. The van der Waals surface area contributed by atoms with Gasteiger partial charge in [-0.05, 0) is 43.5 Å². The van der Waals surface area contributed by atoms with Crippen molar-refractivity contribution in [3.63, 3.8) is 0 Å². The second-order valence-corrected chi connectivity index (χ2v) is 6.56. The van der Waals surface area contributed by atoms with Gasteiger partial charge in [0.2, 0.25) is 5.91 Å². The Morgan fingerprint density at radius 1 is 1.27 bits per heavy atom. The molecule has 5 heteroatoms. The van der Waals surface area contributed by atoms with Crippen LogP contribution in [-0.4, -0.2) is 16.9 Å². The van der Waals surface area contributed by atoms with Crippen LogP contribution >= 0.6 is 11.3 Å². The molecule has 2 aromatic rings. The maximum absolute atomic E-state index is 12.9. The second kappa shape index (κ2) is 7.01. The zero-order valence-corrected chi connectivity index (χ0v) is 13.2. The Labute approximate surface area is 133 Å². The van der Waals surface area contributed by atoms with Crippen LogP contribution in [0.5, 0.6) is 0 Å². The lowest BCUT2D eigenvalue weighted by atomic mass is 10.2. The highest BCUT2D eigenvalue weighted by Gasteiger charge is 2.17. The first-order chi connectivity index (χ1) is 10.7. The Morgan fingerprint density at radius 3 is 2.73 bits per heavy atom. The minimum Gasteiger partial charge on any atom is -0.353 e. The van der Waals surface area contributed by atoms with Gasteiger partial charge < -0.3 is 5.32 Å². The van der Waals surface area contributed by atoms with Gasteiger partial charge in [-0.2, -0.15) is 0 Å². The van der Waals surface area contributed by atoms with Gasteiger partial charge in [0.25, 0.3) is 0 Å². The molecular weight excluding hydrogens is 299 g/mol. The van der Waals surface area contributed by atoms with E-state index in [-0.39, 0.29) is 11.7 Å². The van der Waals surface area contributed by atoms with E-state index in [1.807, 2.05) is 5.38 Å². The summed E-state index contributed by atoms with van der Waals surface area (Å²) >= 11 is 1.53. The number of aromatic nitrogens is 1. The number of hydrogen-bond acceptors (Lipinski definition) is 3. The highest BCUT2D eigenvalue weighted by atomic mass is 32.1. The Morgan fingerprint density at radius 2 is 2.00 bits per heavy atom. The van der Waals surface area contributed by atoms with Gasteiger partial charge in [-0.15, -0.1) is 11.3 Å². The fourth-order valence-electron chi connectivity index (χ4n) is 2.76. The minimum atomic E-state index is -0.246. The Hall–Kier alpha value is -1.75. The van der Waals surface area contributed by atoms with Crippen LogP contribution in [-0.2, 0) is 11.2 Å². The molecule has 0 radical (unpaired) electrons. The molecule has 0 unspecified atom stereocenters. The van der Waals surface area contributed by atoms with Gasteiger partial charge in [0.1, 0.15) is 10.8 Å². The quantitative estimate of drug-likeness (QED) is 0.907. The molecule has 116 valence electrons. The molecule has 0 aliphatic heterocycles. The Balaban J connectivity index is 1.53. The van der Waals surface area contributed by atoms with Crippen molar-refractivity contribution in [3.05, 3.63) is 41.2 Å². The van der Waals surface area contributed by atoms with Crippen LogP contribution in [0, 0.1) is 5.82 Å². The summed E-state index contributed by atoms with van der Waals surface area (Å²) in [5, 5.41) is 5.93. The summed E-state index contributed by atoms with van der Waals surface area (Å²) in [5.74, 6) is -0.132. The van der Waals surface area contributed by atoms with Gasteiger partial charge in [-0.3, -0.25) is 4.79 Å². The molecule has 1 aromatic heterocycles. The van der Waals surface area contributed by atoms with Crippen molar-refractivity contribution >= 4 is 17.2 Å². The topological polar surface area (TPSA) is 42.0 Å². The molecule has 3 rings (SSSR count). The van der Waals surface area contributed by atoms with Crippen molar-refractivity contribution in [1.29, 1.82) is 0 Å². The minimum absolute atomic E-state index is 0.114. The average molecular weight is 318 g/mol. The van der Waals surface area contributed by atoms with E-state index in [9.17, 15) is 9.18 Å². The number of benzene rings is 1. The number of halogens is 1. The fourth-order valence-corrected chi connectivity index (χ4v) is 3.62. The van der Waals surface area contributed by atoms with Gasteiger partial charge >= 0.3 is 0 Å². The third kappa shape index (κ3) is 3.91. The summed E-state index contributed by atoms with van der Waals surface area (Å²) in [6.07, 6.45) is 5.78. The summed E-state index contributed by atoms with van der Waals surface area (Å²) in [4.78, 5) is 16.4. The van der Waals surface area contributed by atoms with Gasteiger partial charge in [0.15, 0.2) is 0 Å². The lowest BCUT2D eigenvalue weighted by molar-refractivity contribution is -0.121. The van der Waals surface area contributed by atoms with Gasteiger partial charge in [0.05, 0.1) is 5.69 Å². The zero-order valence-electron chi connectivity index (χ0n) is 12.3. The van der Waals surface area contributed by atoms with Crippen LogP contribution in [0.2, 0.25) is 0 Å². The van der Waals surface area contributed by atoms with E-state index in [1.54, 1.807) is 12.1 Å². The van der Waals surface area contributed by atoms with E-state index >= 15 is 0 Å². The number of hydrogen-bond donors (Lipinski definition) is 1. The molecule has 0 atom stereocenters. The largest absolute Gasteiger partial charge is 0.353 e. The summed E-state index contributed by atoms with van der Waals surface area (Å²) in [6.45, 7) is 0. The summed E-state index contributed by atoms with van der Waals surface area (Å²) < 4.78 is 12.9. The van der Waals surface area contributed by atoms with Crippen LogP contribution in [0.4, 0.5) is 4.39 Å². The van der Waals surface area contributed by atoms with Crippen LogP contribution in [0.15, 0.2) is 29.6 Å². The smallest absolute Gasteiger partial charge is 0.220 e. The van der Waals surface area contributed by atoms with Crippen molar-refractivity contribution < 1.29 is 9.18 Å². The van der Waals surface area contributed by atoms with Crippen LogP contribution in [0.1, 0.15) is 37.8 Å². The van der Waals surface area contributed by atoms with E-state index in [2.05, 4.69) is 10.3 Å². The number of nitrogens with zero attached hydrogens (tertiary/aromatic N) is 1. The molecule has 1 aliphatic rings. The summed E-state index contributed by atoms with van der Waals surface area (Å²) in [6, 6.07) is 6.70. The molecule has 3 nitrogen and oxygen atoms in total. The molecule has 1 amide bonds. The first-order valence-corrected chi connectivity index (χ1v) is 8.58. The van der Waals surface area contributed by atoms with Gasteiger partial charge in [-0.1, -0.05) is 12.8 Å². The van der Waals surface area contributed by atoms with Crippen molar-refractivity contribution in [1.82, 2.24) is 10.3 Å². The van der Waals surface area contributed by atoms with Crippen LogP contribution < -0.4 is 5.32 Å². The fraction of sp³-hybridized carbons (Fsp3) is 0.412. The maximum Gasteiger partial charge on any atom is 0.220 e. The highest BCUT2D eigenvalue weighted by molar-refractivity contribution is 7.13. The molecule has 1 N–H and O–H groups in total. The lowest BCUT2D eigenvalue weighted by Gasteiger charge is -2.11. The third-order valence-corrected chi connectivity index (χ3v) is 4.91. The number of aryl methyl sites for hydroxylation is 1. The Kier molecular flexibility index (Phi) is 4.83. The number of rotatable bonds is 5. The van der Waals surface area contributed by atoms with E-state index < -0.39 is 0 Å².